The van der Waals surface area contributed by atoms with E-state index in [4.69, 9.17) is 9.47 Å². The van der Waals surface area contributed by atoms with Crippen LogP contribution < -0.4 is 19.9 Å². The van der Waals surface area contributed by atoms with Crippen LogP contribution in [0, 0.1) is 0 Å². The van der Waals surface area contributed by atoms with Crippen molar-refractivity contribution in [2.45, 2.75) is 11.7 Å². The molecule has 2 aromatic carbocycles. The molecule has 4 rings (SSSR count). The van der Waals surface area contributed by atoms with Crippen LogP contribution in [0.1, 0.15) is 16.8 Å². The lowest BCUT2D eigenvalue weighted by Crippen LogP contribution is -2.43. The number of nitrogens with one attached hydrogen (secondary N) is 1. The van der Waals surface area contributed by atoms with E-state index in [9.17, 15) is 19.5 Å². The van der Waals surface area contributed by atoms with Crippen LogP contribution in [0.2, 0.25) is 0 Å². The number of nitrogens with zero attached hydrogens (tertiary/aromatic N) is 2. The van der Waals surface area contributed by atoms with Gasteiger partial charge in [0.2, 0.25) is 18.6 Å². The molecular formula is C20H16N3O6S-. The van der Waals surface area contributed by atoms with Crippen LogP contribution in [0.4, 0.5) is 11.4 Å². The number of carboxylic acids is 1. The van der Waals surface area contributed by atoms with Gasteiger partial charge in [-0.25, -0.2) is 4.99 Å². The number of hydrogen-bond donors (Lipinski definition) is 1. The average molecular weight is 426 g/mol. The molecule has 2 aliphatic rings. The SMILES string of the molecule is CN1C(=O)C[C@H](C(=O)Nc2ccc(C(=O)[O-])cc2)SC1=Nc1ccc2c(c1)OCO2. The summed E-state index contributed by atoms with van der Waals surface area (Å²) in [5, 5.41) is 13.2. The summed E-state index contributed by atoms with van der Waals surface area (Å²) in [6.07, 6.45) is 0.0181. The topological polar surface area (TPSA) is 120 Å². The highest BCUT2D eigenvalue weighted by Gasteiger charge is 2.34. The summed E-state index contributed by atoms with van der Waals surface area (Å²) >= 11 is 1.17. The van der Waals surface area contributed by atoms with Gasteiger partial charge in [-0.3, -0.25) is 14.5 Å². The maximum atomic E-state index is 12.7. The van der Waals surface area contributed by atoms with Crippen molar-refractivity contribution in [2.75, 3.05) is 19.2 Å². The number of carbonyl (C=O) groups excluding carboxylic acids is 3. The van der Waals surface area contributed by atoms with E-state index in [1.165, 1.54) is 40.9 Å². The van der Waals surface area contributed by atoms with Gasteiger partial charge in [-0.05, 0) is 29.8 Å². The Bertz CT molecular complexity index is 1050. The Morgan fingerprint density at radius 2 is 1.90 bits per heavy atom. The molecule has 2 heterocycles. The monoisotopic (exact) mass is 426 g/mol. The van der Waals surface area contributed by atoms with Crippen molar-refractivity contribution in [1.29, 1.82) is 0 Å². The molecule has 2 aliphatic heterocycles. The van der Waals surface area contributed by atoms with Crippen molar-refractivity contribution in [1.82, 2.24) is 4.90 Å². The van der Waals surface area contributed by atoms with Crippen molar-refractivity contribution < 1.29 is 29.0 Å². The van der Waals surface area contributed by atoms with Gasteiger partial charge in [0.15, 0.2) is 16.7 Å². The predicted molar refractivity (Wildman–Crippen MR) is 108 cm³/mol. The largest absolute Gasteiger partial charge is 0.545 e. The average Bonchev–Trinajstić information content (AvgIpc) is 3.19. The number of aliphatic imine (C=N–C) groups is 1. The van der Waals surface area contributed by atoms with Gasteiger partial charge in [-0.2, -0.15) is 0 Å². The maximum absolute atomic E-state index is 12.7. The molecule has 1 saturated heterocycles. The number of fused-ring (bicyclic) bond motifs is 1. The summed E-state index contributed by atoms with van der Waals surface area (Å²) in [4.78, 5) is 41.8. The van der Waals surface area contributed by atoms with Gasteiger partial charge >= 0.3 is 0 Å². The first kappa shape index (κ1) is 19.8. The van der Waals surface area contributed by atoms with Crippen LogP contribution >= 0.6 is 11.8 Å². The highest BCUT2D eigenvalue weighted by Crippen LogP contribution is 2.36. The van der Waals surface area contributed by atoms with Crippen molar-refractivity contribution in [3.63, 3.8) is 0 Å². The van der Waals surface area contributed by atoms with E-state index in [0.29, 0.717) is 28.0 Å². The lowest BCUT2D eigenvalue weighted by Gasteiger charge is -2.28. The van der Waals surface area contributed by atoms with Crippen molar-refractivity contribution >= 4 is 46.1 Å². The van der Waals surface area contributed by atoms with E-state index in [1.807, 2.05) is 0 Å². The zero-order valence-electron chi connectivity index (χ0n) is 15.8. The number of carboxylic acid groups (broad SMARTS) is 1. The minimum atomic E-state index is -1.30. The molecule has 0 unspecified atom stereocenters. The molecule has 0 saturated carbocycles. The first-order valence-corrected chi connectivity index (χ1v) is 9.82. The Labute approximate surface area is 175 Å². The van der Waals surface area contributed by atoms with Crippen molar-refractivity contribution in [3.05, 3.63) is 48.0 Å². The van der Waals surface area contributed by atoms with Gasteiger partial charge < -0.3 is 24.7 Å². The van der Waals surface area contributed by atoms with E-state index < -0.39 is 11.2 Å². The highest BCUT2D eigenvalue weighted by atomic mass is 32.2. The van der Waals surface area contributed by atoms with Crippen molar-refractivity contribution in [3.8, 4) is 11.5 Å². The van der Waals surface area contributed by atoms with Crippen LogP contribution in [0.5, 0.6) is 11.5 Å². The quantitative estimate of drug-likeness (QED) is 0.784. The molecule has 1 fully saturated rings. The first-order valence-electron chi connectivity index (χ1n) is 8.94. The van der Waals surface area contributed by atoms with E-state index in [-0.39, 0.29) is 30.6 Å². The molecule has 2 aromatic rings. The second kappa shape index (κ2) is 8.07. The van der Waals surface area contributed by atoms with Crippen LogP contribution in [-0.4, -0.2) is 46.9 Å². The molecule has 0 aliphatic carbocycles. The van der Waals surface area contributed by atoms with Crippen LogP contribution in [0.15, 0.2) is 47.5 Å². The summed E-state index contributed by atoms with van der Waals surface area (Å²) in [7, 11) is 1.61. The summed E-state index contributed by atoms with van der Waals surface area (Å²) in [5.41, 5.74) is 1.00. The Kier molecular flexibility index (Phi) is 5.32. The normalized spacial score (nSPS) is 19.1. The molecule has 0 spiro atoms. The van der Waals surface area contributed by atoms with Gasteiger partial charge in [-0.15, -0.1) is 0 Å². The molecule has 10 heteroatoms. The molecular weight excluding hydrogens is 410 g/mol. The fourth-order valence-corrected chi connectivity index (χ4v) is 3.94. The number of amidine groups is 1. The molecule has 2 amide bonds. The molecule has 0 aromatic heterocycles. The fraction of sp³-hybridized carbons (Fsp3) is 0.200. The summed E-state index contributed by atoms with van der Waals surface area (Å²) in [5.74, 6) is -0.710. The molecule has 1 atom stereocenters. The molecule has 9 nitrogen and oxygen atoms in total. The number of anilines is 1. The standard InChI is InChI=1S/C20H17N3O6S/c1-23-17(24)9-16(18(25)21-12-4-2-11(3-5-12)19(26)27)30-20(23)22-13-6-7-14-15(8-13)29-10-28-14/h2-8,16H,9-10H2,1H3,(H,21,25)(H,26,27)/p-1/t16-/m1/s1. The van der Waals surface area contributed by atoms with Gasteiger partial charge in [0.05, 0.1) is 11.7 Å². The van der Waals surface area contributed by atoms with E-state index in [2.05, 4.69) is 10.3 Å². The van der Waals surface area contributed by atoms with Crippen LogP contribution in [0.3, 0.4) is 0 Å². The lowest BCUT2D eigenvalue weighted by atomic mass is 10.2. The molecule has 0 radical (unpaired) electrons. The fourth-order valence-electron chi connectivity index (χ4n) is 2.88. The first-order chi connectivity index (χ1) is 14.4. The number of aromatic carboxylic acids is 1. The summed E-state index contributed by atoms with van der Waals surface area (Å²) in [6, 6.07) is 10.8. The zero-order chi connectivity index (χ0) is 21.3. The van der Waals surface area contributed by atoms with Crippen molar-refractivity contribution in [2.24, 2.45) is 4.99 Å². The van der Waals surface area contributed by atoms with E-state index in [0.717, 1.165) is 0 Å². The zero-order valence-corrected chi connectivity index (χ0v) is 16.6. The minimum absolute atomic E-state index is 0.00925. The number of carbonyl (C=O) groups is 3. The Balaban J connectivity index is 1.50. The Morgan fingerprint density at radius 3 is 2.63 bits per heavy atom. The Hall–Kier alpha value is -3.53. The molecule has 1 N–H and O–H groups in total. The van der Waals surface area contributed by atoms with Crippen LogP contribution in [0.25, 0.3) is 0 Å². The minimum Gasteiger partial charge on any atom is -0.545 e. The van der Waals surface area contributed by atoms with E-state index >= 15 is 0 Å². The van der Waals surface area contributed by atoms with Gasteiger partial charge in [0.25, 0.3) is 0 Å². The third kappa shape index (κ3) is 4.08. The third-order valence-electron chi connectivity index (χ3n) is 4.53. The van der Waals surface area contributed by atoms with Crippen LogP contribution in [-0.2, 0) is 9.59 Å². The molecule has 30 heavy (non-hydrogen) atoms. The number of rotatable bonds is 4. The van der Waals surface area contributed by atoms with E-state index in [1.54, 1.807) is 25.2 Å². The third-order valence-corrected chi connectivity index (χ3v) is 5.77. The molecule has 154 valence electrons. The summed E-state index contributed by atoms with van der Waals surface area (Å²) < 4.78 is 10.6. The van der Waals surface area contributed by atoms with Gasteiger partial charge in [0, 0.05) is 25.2 Å². The number of hydrogen-bond acceptors (Lipinski definition) is 8. The summed E-state index contributed by atoms with van der Waals surface area (Å²) in [6.45, 7) is 0.148. The second-order valence-corrected chi connectivity index (χ2v) is 7.72. The van der Waals surface area contributed by atoms with Gasteiger partial charge in [-0.1, -0.05) is 23.9 Å². The lowest BCUT2D eigenvalue weighted by molar-refractivity contribution is -0.255. The number of amides is 2. The number of thioether (sulfide) groups is 1. The Morgan fingerprint density at radius 1 is 1.17 bits per heavy atom. The number of ether oxygens (including phenoxy) is 2. The smallest absolute Gasteiger partial charge is 0.238 e. The highest BCUT2D eigenvalue weighted by molar-refractivity contribution is 8.15. The predicted octanol–water partition coefficient (Wildman–Crippen LogP) is 1.37. The second-order valence-electron chi connectivity index (χ2n) is 6.55. The molecule has 0 bridgehead atoms. The maximum Gasteiger partial charge on any atom is 0.238 e. The van der Waals surface area contributed by atoms with Gasteiger partial charge in [0.1, 0.15) is 5.25 Å². The number of benzene rings is 2.